The molecule has 5 aliphatic rings. The highest BCUT2D eigenvalue weighted by Crippen LogP contribution is 2.53. The van der Waals surface area contributed by atoms with E-state index in [2.05, 4.69) is 4.90 Å². The zero-order chi connectivity index (χ0) is 28.7. The Labute approximate surface area is 232 Å². The van der Waals surface area contributed by atoms with Crippen LogP contribution >= 0.6 is 0 Å². The molecule has 10 nitrogen and oxygen atoms in total. The van der Waals surface area contributed by atoms with Gasteiger partial charge in [-0.15, -0.1) is 0 Å². The van der Waals surface area contributed by atoms with E-state index in [1.807, 2.05) is 6.07 Å². The molecule has 6 rings (SSSR count). The van der Waals surface area contributed by atoms with Gasteiger partial charge in [-0.25, -0.2) is 0 Å². The number of aromatic hydroxyl groups is 1. The Kier molecular flexibility index (Phi) is 6.36. The van der Waals surface area contributed by atoms with Crippen LogP contribution in [0, 0.1) is 23.7 Å². The Hall–Kier alpha value is -3.21. The molecule has 0 spiro atoms. The van der Waals surface area contributed by atoms with Crippen molar-refractivity contribution < 1.29 is 34.8 Å². The number of nitrogens with zero attached hydrogens (tertiary/aromatic N) is 2. The lowest BCUT2D eigenvalue weighted by atomic mass is 9.57. The number of amides is 1. The molecule has 5 aliphatic carbocycles. The summed E-state index contributed by atoms with van der Waals surface area (Å²) in [6, 6.07) is 2.31. The number of aliphatic hydroxyl groups is 3. The summed E-state index contributed by atoms with van der Waals surface area (Å²) < 4.78 is 0. The zero-order valence-electron chi connectivity index (χ0n) is 22.9. The number of aliphatic hydroxyl groups excluding tert-OH is 2. The van der Waals surface area contributed by atoms with E-state index in [1.165, 1.54) is 36.6 Å². The normalized spacial score (nSPS) is 30.1. The van der Waals surface area contributed by atoms with Crippen LogP contribution in [0.4, 0.5) is 0 Å². The number of nitrogens with two attached hydrogens (primary N) is 1. The monoisotopic (exact) mass is 551 g/mol. The average molecular weight is 552 g/mol. The van der Waals surface area contributed by atoms with E-state index in [-0.39, 0.29) is 23.3 Å². The fourth-order valence-corrected chi connectivity index (χ4v) is 7.23. The number of fused-ring (bicyclic) bond motifs is 3. The second-order valence-corrected chi connectivity index (χ2v) is 12.6. The molecule has 4 atom stereocenters. The van der Waals surface area contributed by atoms with E-state index >= 15 is 0 Å². The predicted molar refractivity (Wildman–Crippen MR) is 145 cm³/mol. The van der Waals surface area contributed by atoms with Gasteiger partial charge in [0.15, 0.2) is 11.4 Å². The van der Waals surface area contributed by atoms with Crippen molar-refractivity contribution in [3.05, 3.63) is 45.7 Å². The molecule has 214 valence electrons. The van der Waals surface area contributed by atoms with Gasteiger partial charge in [0.05, 0.1) is 11.6 Å². The van der Waals surface area contributed by atoms with Gasteiger partial charge in [-0.2, -0.15) is 0 Å². The maximum atomic E-state index is 14.0. The van der Waals surface area contributed by atoms with Crippen LogP contribution in [-0.4, -0.2) is 86.5 Å². The topological polar surface area (TPSA) is 165 Å². The maximum absolute atomic E-state index is 14.0. The minimum atomic E-state index is -2.62. The molecule has 0 saturated heterocycles. The quantitative estimate of drug-likeness (QED) is 0.302. The molecule has 1 aromatic rings. The third-order valence-electron chi connectivity index (χ3n) is 9.52. The van der Waals surface area contributed by atoms with Gasteiger partial charge in [0.1, 0.15) is 22.8 Å². The summed E-state index contributed by atoms with van der Waals surface area (Å²) in [5, 5.41) is 45.0. The maximum Gasteiger partial charge on any atom is 0.255 e. The highest BCUT2D eigenvalue weighted by atomic mass is 16.3. The van der Waals surface area contributed by atoms with Crippen LogP contribution in [0.3, 0.4) is 0 Å². The van der Waals surface area contributed by atoms with Crippen molar-refractivity contribution in [1.29, 1.82) is 0 Å². The number of ketones is 2. The molecular formula is C30H37N3O7. The lowest BCUT2D eigenvalue weighted by Crippen LogP contribution is -2.65. The van der Waals surface area contributed by atoms with Gasteiger partial charge in [-0.1, -0.05) is 6.07 Å². The van der Waals surface area contributed by atoms with E-state index in [1.54, 1.807) is 14.1 Å². The Bertz CT molecular complexity index is 1360. The van der Waals surface area contributed by atoms with Crippen LogP contribution in [0.5, 0.6) is 5.75 Å². The lowest BCUT2D eigenvalue weighted by Gasteiger charge is -2.50. The first kappa shape index (κ1) is 27.0. The van der Waals surface area contributed by atoms with Crippen molar-refractivity contribution in [2.24, 2.45) is 29.4 Å². The number of likely N-dealkylation sites (N-methyl/N-ethyl adjacent to an activating group) is 1. The summed E-state index contributed by atoms with van der Waals surface area (Å²) in [4.78, 5) is 43.4. The fraction of sp³-hybridized carbons (Fsp3) is 0.567. The minimum Gasteiger partial charge on any atom is -0.508 e. The number of hydrogen-bond donors (Lipinski definition) is 5. The van der Waals surface area contributed by atoms with Crippen molar-refractivity contribution in [3.8, 4) is 5.75 Å². The predicted octanol–water partition coefficient (Wildman–Crippen LogP) is 1.59. The standard InChI is InChI=1S/C30H37N3O7/c1-32(2)24-19-10-17-9-18-16(13-33(11-14-3-4-14)12-15-5-6-15)7-8-20(34)22(18)25(35)21(17)27(37)30(19,40)28(38)23(26(24)36)29(31)39/h7-8,14-15,17,19,24,34-35,38,40H,3-6,9-13H2,1-2H3,(H2,31,39)/t17-,19-,24-,30-/m0/s1. The summed E-state index contributed by atoms with van der Waals surface area (Å²) in [5.41, 5.74) is 3.72. The van der Waals surface area contributed by atoms with Gasteiger partial charge in [0.25, 0.3) is 5.91 Å². The molecular weight excluding hydrogens is 514 g/mol. The molecule has 0 aliphatic heterocycles. The Morgan fingerprint density at radius 3 is 2.23 bits per heavy atom. The van der Waals surface area contributed by atoms with Gasteiger partial charge in [0, 0.05) is 31.1 Å². The number of rotatable bonds is 8. The molecule has 10 heteroatoms. The number of phenolic OH excluding ortho intramolecular Hbond substituents is 1. The molecule has 3 fully saturated rings. The first-order valence-electron chi connectivity index (χ1n) is 14.1. The van der Waals surface area contributed by atoms with E-state index in [0.717, 1.165) is 24.2 Å². The summed E-state index contributed by atoms with van der Waals surface area (Å²) in [6.07, 6.45) is 5.36. The SMILES string of the molecule is CN(C)[C@@H]1C(=O)C(C(N)=O)=C(O)[C@@]2(O)C(=O)C3=C(O)c4c(O)ccc(CN(CC5CC5)CC5CC5)c4C[C@H]3C[C@@H]12. The molecule has 0 radical (unpaired) electrons. The molecule has 0 unspecified atom stereocenters. The van der Waals surface area contributed by atoms with Crippen molar-refractivity contribution in [2.75, 3.05) is 27.2 Å². The summed E-state index contributed by atoms with van der Waals surface area (Å²) in [5.74, 6) is -4.89. The van der Waals surface area contributed by atoms with Crippen LogP contribution in [0.1, 0.15) is 48.8 Å². The van der Waals surface area contributed by atoms with Crippen molar-refractivity contribution in [3.63, 3.8) is 0 Å². The largest absolute Gasteiger partial charge is 0.508 e. The molecule has 6 N–H and O–H groups in total. The van der Waals surface area contributed by atoms with Crippen LogP contribution < -0.4 is 5.73 Å². The highest BCUT2D eigenvalue weighted by molar-refractivity contribution is 6.24. The summed E-state index contributed by atoms with van der Waals surface area (Å²) in [7, 11) is 3.19. The van der Waals surface area contributed by atoms with Gasteiger partial charge < -0.3 is 26.2 Å². The lowest BCUT2D eigenvalue weighted by molar-refractivity contribution is -0.153. The van der Waals surface area contributed by atoms with Crippen LogP contribution in [0.15, 0.2) is 29.0 Å². The van der Waals surface area contributed by atoms with E-state index in [0.29, 0.717) is 24.8 Å². The molecule has 1 amide bonds. The third-order valence-corrected chi connectivity index (χ3v) is 9.52. The molecule has 0 bridgehead atoms. The average Bonchev–Trinajstić information content (AvgIpc) is 3.80. The smallest absolute Gasteiger partial charge is 0.255 e. The number of carbonyl (C=O) groups excluding carboxylic acids is 3. The van der Waals surface area contributed by atoms with Crippen molar-refractivity contribution >= 4 is 23.2 Å². The van der Waals surface area contributed by atoms with Crippen LogP contribution in [0.25, 0.3) is 5.76 Å². The first-order valence-corrected chi connectivity index (χ1v) is 14.1. The Morgan fingerprint density at radius 2 is 1.68 bits per heavy atom. The number of Topliss-reactive ketones (excluding diaryl/α,β-unsaturated/α-hetero) is 2. The Balaban J connectivity index is 1.44. The second-order valence-electron chi connectivity index (χ2n) is 12.6. The number of hydrogen-bond acceptors (Lipinski definition) is 9. The van der Waals surface area contributed by atoms with E-state index in [9.17, 15) is 34.8 Å². The highest BCUT2D eigenvalue weighted by Gasteiger charge is 2.64. The third kappa shape index (κ3) is 4.15. The van der Waals surface area contributed by atoms with Gasteiger partial charge in [-0.3, -0.25) is 24.2 Å². The van der Waals surface area contributed by atoms with E-state index in [4.69, 9.17) is 5.73 Å². The molecule has 0 heterocycles. The van der Waals surface area contributed by atoms with Crippen molar-refractivity contribution in [2.45, 2.75) is 56.7 Å². The Morgan fingerprint density at radius 1 is 1.05 bits per heavy atom. The number of phenols is 1. The summed E-state index contributed by atoms with van der Waals surface area (Å²) in [6.45, 7) is 2.68. The summed E-state index contributed by atoms with van der Waals surface area (Å²) >= 11 is 0. The van der Waals surface area contributed by atoms with Gasteiger partial charge in [-0.05, 0) is 87.6 Å². The van der Waals surface area contributed by atoms with Gasteiger partial charge >= 0.3 is 0 Å². The molecule has 0 aromatic heterocycles. The number of carbonyl (C=O) groups is 3. The first-order chi connectivity index (χ1) is 18.9. The number of benzene rings is 1. The van der Waals surface area contributed by atoms with Gasteiger partial charge in [0.2, 0.25) is 5.78 Å². The van der Waals surface area contributed by atoms with Crippen LogP contribution in [-0.2, 0) is 27.3 Å². The second kappa shape index (κ2) is 9.43. The minimum absolute atomic E-state index is 0.0920. The molecule has 1 aromatic carbocycles. The molecule has 3 saturated carbocycles. The zero-order valence-corrected chi connectivity index (χ0v) is 22.9. The number of primary amides is 1. The van der Waals surface area contributed by atoms with Crippen LogP contribution in [0.2, 0.25) is 0 Å². The van der Waals surface area contributed by atoms with Crippen molar-refractivity contribution in [1.82, 2.24) is 9.80 Å². The van der Waals surface area contributed by atoms with E-state index < -0.39 is 58.0 Å². The molecule has 40 heavy (non-hydrogen) atoms. The fourth-order valence-electron chi connectivity index (χ4n) is 7.23.